The van der Waals surface area contributed by atoms with Crippen LogP contribution in [0.1, 0.15) is 20.8 Å². The third-order valence-electron chi connectivity index (χ3n) is 0. The van der Waals surface area contributed by atoms with Crippen molar-refractivity contribution in [2.75, 3.05) is 0 Å². The third kappa shape index (κ3) is 104. The van der Waals surface area contributed by atoms with Crippen molar-refractivity contribution in [3.63, 3.8) is 0 Å². The molecule has 0 aromatic heterocycles. The van der Waals surface area contributed by atoms with Gasteiger partial charge in [0.05, 0.1) is 0 Å². The first-order valence-electron chi connectivity index (χ1n) is 1.75. The largest absolute Gasteiger partial charge is 1.00 e. The Labute approximate surface area is 73.1 Å². The number of hydrogen-bond donors (Lipinski definition) is 0. The zero-order valence-corrected chi connectivity index (χ0v) is 8.73. The van der Waals surface area contributed by atoms with Gasteiger partial charge in [0.25, 0.3) is 0 Å². The average Bonchev–Trinajstić information content (AvgIpc) is 0.722. The fourth-order valence-corrected chi connectivity index (χ4v) is 0. The van der Waals surface area contributed by atoms with Gasteiger partial charge in [-0.1, -0.05) is 0 Å². The molecule has 0 saturated carbocycles. The molecule has 43 valence electrons. The molecule has 0 N–H and O–H groups in total. The summed E-state index contributed by atoms with van der Waals surface area (Å²) in [6.07, 6.45) is 0. The Kier molecular flexibility index (Phi) is 12.6. The van der Waals surface area contributed by atoms with Gasteiger partial charge < -0.3 is 24.8 Å². The molecule has 0 rings (SSSR count). The minimum atomic E-state index is 0. The first-order chi connectivity index (χ1) is 2.00. The van der Waals surface area contributed by atoms with Crippen molar-refractivity contribution >= 4 is 0 Å². The Morgan fingerprint density at radius 2 is 1.00 bits per heavy atom. The van der Waals surface area contributed by atoms with Crippen LogP contribution in [0, 0.1) is 0 Å². The second-order valence-electron chi connectivity index (χ2n) is 2.25. The van der Waals surface area contributed by atoms with Crippen molar-refractivity contribution in [2.45, 2.75) is 23.9 Å². The van der Waals surface area contributed by atoms with Crippen LogP contribution in [0.2, 0.25) is 3.12 Å². The molecule has 0 aliphatic carbocycles. The van der Waals surface area contributed by atoms with Crippen LogP contribution < -0.4 is 24.8 Å². The zero-order chi connectivity index (χ0) is 4.50. The second kappa shape index (κ2) is 5.60. The van der Waals surface area contributed by atoms with Crippen molar-refractivity contribution in [2.24, 2.45) is 0 Å². The van der Waals surface area contributed by atoms with E-state index in [1.165, 1.54) is 0 Å². The molecule has 0 heterocycles. The van der Waals surface area contributed by atoms with Gasteiger partial charge in [0.15, 0.2) is 0 Å². The van der Waals surface area contributed by atoms with Crippen LogP contribution in [0.3, 0.4) is 0 Å². The Morgan fingerprint density at radius 3 is 1.00 bits per heavy atom. The van der Waals surface area contributed by atoms with Crippen LogP contribution in [0.4, 0.5) is 0 Å². The van der Waals surface area contributed by atoms with Gasteiger partial charge in [0.2, 0.25) is 0 Å². The summed E-state index contributed by atoms with van der Waals surface area (Å²) in [5.74, 6) is 0. The molecule has 3 heteroatoms. The number of hydrogen-bond acceptors (Lipinski definition) is 0. The standard InChI is InChI=1S/C4H9.2ClH.Zr/c1-4(2)3;;;/h1-3H3;2*1H;/q;;;+2/p-2. The molecule has 0 bridgehead atoms. The maximum Gasteiger partial charge on any atom is -1.00 e. The Balaban J connectivity index is -0.0000000800. The van der Waals surface area contributed by atoms with Crippen molar-refractivity contribution < 1.29 is 49.5 Å². The van der Waals surface area contributed by atoms with Crippen LogP contribution >= 0.6 is 0 Å². The van der Waals surface area contributed by atoms with Crippen LogP contribution in [0.25, 0.3) is 0 Å². The van der Waals surface area contributed by atoms with Crippen LogP contribution in [-0.4, -0.2) is 0 Å². The summed E-state index contributed by atoms with van der Waals surface area (Å²) < 4.78 is 0.590. The van der Waals surface area contributed by atoms with Gasteiger partial charge in [-0.05, 0) is 0 Å². The quantitative estimate of drug-likeness (QED) is 0.387. The number of rotatable bonds is 0. The molecule has 0 nitrogen and oxygen atoms in total. The van der Waals surface area contributed by atoms with E-state index in [0.29, 0.717) is 3.12 Å². The molecule has 0 aromatic rings. The van der Waals surface area contributed by atoms with Crippen molar-refractivity contribution in [3.05, 3.63) is 0 Å². The molecular formula is C4H9Cl2Zr. The van der Waals surface area contributed by atoms with Crippen molar-refractivity contribution in [3.8, 4) is 0 Å². The zero-order valence-electron chi connectivity index (χ0n) is 4.76. The Hall–Kier alpha value is 1.46. The van der Waals surface area contributed by atoms with Gasteiger partial charge in [0.1, 0.15) is 0 Å². The van der Waals surface area contributed by atoms with E-state index in [9.17, 15) is 0 Å². The van der Waals surface area contributed by atoms with E-state index in [-0.39, 0.29) is 24.8 Å². The average molecular weight is 219 g/mol. The molecule has 0 aliphatic rings. The maximum absolute atomic E-state index is 2.23. The number of halogens is 2. The van der Waals surface area contributed by atoms with Crippen LogP contribution in [-0.2, 0) is 24.7 Å². The Bertz CT molecular complexity index is 25.2. The summed E-state index contributed by atoms with van der Waals surface area (Å²) in [5, 5.41) is 0. The van der Waals surface area contributed by atoms with E-state index >= 15 is 0 Å². The molecule has 0 amide bonds. The molecule has 0 saturated heterocycles. The molecule has 0 aliphatic heterocycles. The monoisotopic (exact) mass is 217 g/mol. The summed E-state index contributed by atoms with van der Waals surface area (Å²) >= 11 is 1.62. The second-order valence-corrected chi connectivity index (χ2v) is 5.94. The topological polar surface area (TPSA) is 0 Å². The van der Waals surface area contributed by atoms with E-state index in [0.717, 1.165) is 0 Å². The van der Waals surface area contributed by atoms with E-state index < -0.39 is 0 Å². The van der Waals surface area contributed by atoms with Crippen LogP contribution in [0.5, 0.6) is 0 Å². The van der Waals surface area contributed by atoms with Crippen LogP contribution in [0.15, 0.2) is 0 Å². The molecule has 7 heavy (non-hydrogen) atoms. The summed E-state index contributed by atoms with van der Waals surface area (Å²) in [5.41, 5.74) is 0. The van der Waals surface area contributed by atoms with Crippen molar-refractivity contribution in [1.29, 1.82) is 0 Å². The fraction of sp³-hybridized carbons (Fsp3) is 1.00. The first-order valence-corrected chi connectivity index (χ1v) is 2.98. The minimum absolute atomic E-state index is 0. The summed E-state index contributed by atoms with van der Waals surface area (Å²) in [6.45, 7) is 6.68. The van der Waals surface area contributed by atoms with E-state index in [4.69, 9.17) is 0 Å². The SMILES string of the molecule is C[C](C)(C)[Zr+2].[Cl-].[Cl-]. The summed E-state index contributed by atoms with van der Waals surface area (Å²) in [6, 6.07) is 0. The van der Waals surface area contributed by atoms with Gasteiger partial charge in [-0.15, -0.1) is 0 Å². The van der Waals surface area contributed by atoms with Crippen molar-refractivity contribution in [1.82, 2.24) is 0 Å². The normalized spacial score (nSPS) is 8.71. The van der Waals surface area contributed by atoms with E-state index in [1.54, 1.807) is 24.7 Å². The first kappa shape index (κ1) is 15.8. The van der Waals surface area contributed by atoms with Gasteiger partial charge >= 0.3 is 48.6 Å². The van der Waals surface area contributed by atoms with E-state index in [1.807, 2.05) is 0 Å². The Morgan fingerprint density at radius 1 is 1.00 bits per heavy atom. The summed E-state index contributed by atoms with van der Waals surface area (Å²) in [7, 11) is 0. The van der Waals surface area contributed by atoms with Gasteiger partial charge in [-0.25, -0.2) is 0 Å². The summed E-state index contributed by atoms with van der Waals surface area (Å²) in [4.78, 5) is 0. The molecule has 0 spiro atoms. The fourth-order valence-electron chi connectivity index (χ4n) is 0. The smallest absolute Gasteiger partial charge is 1.00 e. The predicted octanol–water partition coefficient (Wildman–Crippen LogP) is -4.24. The van der Waals surface area contributed by atoms with Gasteiger partial charge in [0, 0.05) is 0 Å². The molecular weight excluding hydrogens is 210 g/mol. The predicted molar refractivity (Wildman–Crippen MR) is 19.7 cm³/mol. The molecule has 0 aromatic carbocycles. The van der Waals surface area contributed by atoms with E-state index in [2.05, 4.69) is 20.8 Å². The molecule has 0 atom stereocenters. The third-order valence-corrected chi connectivity index (χ3v) is 0. The maximum atomic E-state index is 2.23. The van der Waals surface area contributed by atoms with Gasteiger partial charge in [-0.2, -0.15) is 0 Å². The molecule has 0 radical (unpaired) electrons. The molecule has 0 unspecified atom stereocenters. The minimum Gasteiger partial charge on any atom is -1.00 e. The molecule has 0 fully saturated rings. The van der Waals surface area contributed by atoms with Gasteiger partial charge in [-0.3, -0.25) is 0 Å².